The molecule has 15 heavy (non-hydrogen) atoms. The van der Waals surface area contributed by atoms with Crippen molar-refractivity contribution < 1.29 is 12.8 Å². The molecule has 0 aliphatic heterocycles. The van der Waals surface area contributed by atoms with E-state index in [1.54, 1.807) is 0 Å². The molecule has 0 saturated heterocycles. The summed E-state index contributed by atoms with van der Waals surface area (Å²) >= 11 is 5.39. The van der Waals surface area contributed by atoms with Gasteiger partial charge in [-0.1, -0.05) is 0 Å². The smallest absolute Gasteiger partial charge is 0.242 e. The van der Waals surface area contributed by atoms with Gasteiger partial charge in [-0.05, 0) is 12.5 Å². The molecule has 0 spiro atoms. The minimum atomic E-state index is -3.67. The van der Waals surface area contributed by atoms with Crippen LogP contribution in [0.3, 0.4) is 0 Å². The molecule has 0 aliphatic rings. The highest BCUT2D eigenvalue weighted by molar-refractivity contribution is 7.89. The molecule has 1 aromatic heterocycles. The Bertz CT molecular complexity index is 424. The van der Waals surface area contributed by atoms with Gasteiger partial charge in [0, 0.05) is 18.6 Å². The Balaban J connectivity index is 2.77. The quantitative estimate of drug-likeness (QED) is 0.631. The van der Waals surface area contributed by atoms with E-state index in [4.69, 9.17) is 11.6 Å². The van der Waals surface area contributed by atoms with Gasteiger partial charge in [0.25, 0.3) is 0 Å². The predicted octanol–water partition coefficient (Wildman–Crippen LogP) is 1.13. The fraction of sp³-hybridized carbons (Fsp3) is 0.375. The van der Waals surface area contributed by atoms with Crippen LogP contribution in [0.15, 0.2) is 23.4 Å². The van der Waals surface area contributed by atoms with E-state index in [1.165, 1.54) is 0 Å². The molecule has 0 unspecified atom stereocenters. The average molecular weight is 253 g/mol. The summed E-state index contributed by atoms with van der Waals surface area (Å²) in [6.45, 7) is 0.225. The number of pyridine rings is 1. The van der Waals surface area contributed by atoms with Gasteiger partial charge in [0.05, 0.1) is 6.20 Å². The third-order valence-corrected chi connectivity index (χ3v) is 3.29. The zero-order valence-electron chi connectivity index (χ0n) is 7.78. The number of rotatable bonds is 5. The molecule has 0 atom stereocenters. The highest BCUT2D eigenvalue weighted by Crippen LogP contribution is 2.07. The minimum Gasteiger partial charge on any atom is -0.260 e. The Morgan fingerprint density at radius 3 is 2.80 bits per heavy atom. The Hall–Kier alpha value is -0.720. The molecule has 0 radical (unpaired) electrons. The van der Waals surface area contributed by atoms with E-state index in [1.807, 2.05) is 0 Å². The number of sulfonamides is 1. The first kappa shape index (κ1) is 12.4. The zero-order chi connectivity index (χ0) is 11.3. The molecule has 4 nitrogen and oxygen atoms in total. The number of nitrogens with one attached hydrogen (secondary N) is 1. The van der Waals surface area contributed by atoms with Crippen LogP contribution in [0, 0.1) is 5.82 Å². The molecular weight excluding hydrogens is 243 g/mol. The minimum absolute atomic E-state index is 0.183. The van der Waals surface area contributed by atoms with Gasteiger partial charge in [0.2, 0.25) is 10.0 Å². The van der Waals surface area contributed by atoms with Crippen LogP contribution in [-0.2, 0) is 10.0 Å². The monoisotopic (exact) mass is 252 g/mol. The number of hydrogen-bond donors (Lipinski definition) is 1. The molecule has 0 fully saturated rings. The SMILES string of the molecule is O=S(=O)(NCCCCl)c1cncc(F)c1. The Morgan fingerprint density at radius 1 is 1.47 bits per heavy atom. The third-order valence-electron chi connectivity index (χ3n) is 1.59. The lowest BCUT2D eigenvalue weighted by atomic mass is 10.5. The first-order valence-electron chi connectivity index (χ1n) is 4.22. The van der Waals surface area contributed by atoms with Crippen LogP contribution in [0.2, 0.25) is 0 Å². The summed E-state index contributed by atoms with van der Waals surface area (Å²) in [4.78, 5) is 3.28. The van der Waals surface area contributed by atoms with Crippen molar-refractivity contribution in [2.24, 2.45) is 0 Å². The van der Waals surface area contributed by atoms with E-state index in [-0.39, 0.29) is 11.4 Å². The molecule has 1 N–H and O–H groups in total. The van der Waals surface area contributed by atoms with Gasteiger partial charge in [-0.3, -0.25) is 4.98 Å². The van der Waals surface area contributed by atoms with Crippen molar-refractivity contribution in [1.29, 1.82) is 0 Å². The number of alkyl halides is 1. The van der Waals surface area contributed by atoms with Crippen molar-refractivity contribution in [3.8, 4) is 0 Å². The van der Waals surface area contributed by atoms with E-state index in [0.717, 1.165) is 18.5 Å². The summed E-state index contributed by atoms with van der Waals surface area (Å²) in [5, 5.41) is 0. The van der Waals surface area contributed by atoms with Gasteiger partial charge in [-0.15, -0.1) is 11.6 Å². The molecule has 0 aromatic carbocycles. The zero-order valence-corrected chi connectivity index (χ0v) is 9.35. The highest BCUT2D eigenvalue weighted by atomic mass is 35.5. The molecular formula is C8H10ClFN2O2S. The second-order valence-corrected chi connectivity index (χ2v) is 4.92. The van der Waals surface area contributed by atoms with Crippen LogP contribution in [0.25, 0.3) is 0 Å². The summed E-state index contributed by atoms with van der Waals surface area (Å²) in [7, 11) is -3.67. The molecule has 7 heteroatoms. The maximum atomic E-state index is 12.7. The second-order valence-electron chi connectivity index (χ2n) is 2.78. The Kier molecular flexibility index (Phi) is 4.44. The van der Waals surface area contributed by atoms with Crippen molar-refractivity contribution in [2.45, 2.75) is 11.3 Å². The van der Waals surface area contributed by atoms with E-state index in [0.29, 0.717) is 12.3 Å². The standard InChI is InChI=1S/C8H10ClFN2O2S/c9-2-1-3-12-15(13,14)8-4-7(10)5-11-6-8/h4-6,12H,1-3H2. The van der Waals surface area contributed by atoms with Crippen LogP contribution in [-0.4, -0.2) is 25.8 Å². The van der Waals surface area contributed by atoms with Gasteiger partial charge in [0.15, 0.2) is 0 Å². The largest absolute Gasteiger partial charge is 0.260 e. The van der Waals surface area contributed by atoms with Crippen LogP contribution >= 0.6 is 11.6 Å². The van der Waals surface area contributed by atoms with E-state index < -0.39 is 15.8 Å². The maximum absolute atomic E-state index is 12.7. The molecule has 0 amide bonds. The second kappa shape index (κ2) is 5.39. The maximum Gasteiger partial charge on any atom is 0.242 e. The number of halogens is 2. The van der Waals surface area contributed by atoms with Gasteiger partial charge in [-0.25, -0.2) is 17.5 Å². The number of nitrogens with zero attached hydrogens (tertiary/aromatic N) is 1. The van der Waals surface area contributed by atoms with Gasteiger partial charge in [-0.2, -0.15) is 0 Å². The van der Waals surface area contributed by atoms with Gasteiger partial charge >= 0.3 is 0 Å². The van der Waals surface area contributed by atoms with Crippen molar-refractivity contribution in [3.63, 3.8) is 0 Å². The third kappa shape index (κ3) is 3.73. The molecule has 0 aliphatic carbocycles. The Labute approximate surface area is 92.5 Å². The molecule has 1 heterocycles. The summed E-state index contributed by atoms with van der Waals surface area (Å²) in [6.07, 6.45) is 2.55. The summed E-state index contributed by atoms with van der Waals surface area (Å²) < 4.78 is 38.0. The van der Waals surface area contributed by atoms with Gasteiger partial charge in [0.1, 0.15) is 10.7 Å². The van der Waals surface area contributed by atoms with E-state index >= 15 is 0 Å². The highest BCUT2D eigenvalue weighted by Gasteiger charge is 2.13. The van der Waals surface area contributed by atoms with Crippen LogP contribution in [0.4, 0.5) is 4.39 Å². The van der Waals surface area contributed by atoms with Crippen molar-refractivity contribution in [2.75, 3.05) is 12.4 Å². The van der Waals surface area contributed by atoms with Crippen molar-refractivity contribution in [1.82, 2.24) is 9.71 Å². The van der Waals surface area contributed by atoms with E-state index in [9.17, 15) is 12.8 Å². The van der Waals surface area contributed by atoms with Crippen LogP contribution in [0.5, 0.6) is 0 Å². The Morgan fingerprint density at radius 2 is 2.20 bits per heavy atom. The van der Waals surface area contributed by atoms with E-state index in [2.05, 4.69) is 9.71 Å². The fourth-order valence-corrected chi connectivity index (χ4v) is 2.08. The molecule has 0 bridgehead atoms. The lowest BCUT2D eigenvalue weighted by molar-refractivity contribution is 0.575. The van der Waals surface area contributed by atoms with Crippen LogP contribution in [0.1, 0.15) is 6.42 Å². The fourth-order valence-electron chi connectivity index (χ4n) is 0.896. The topological polar surface area (TPSA) is 59.1 Å². The number of aromatic nitrogens is 1. The molecule has 1 rings (SSSR count). The molecule has 84 valence electrons. The normalized spacial score (nSPS) is 11.6. The first-order valence-corrected chi connectivity index (χ1v) is 6.24. The van der Waals surface area contributed by atoms with Crippen molar-refractivity contribution in [3.05, 3.63) is 24.3 Å². The van der Waals surface area contributed by atoms with Crippen molar-refractivity contribution >= 4 is 21.6 Å². The lowest BCUT2D eigenvalue weighted by Gasteiger charge is -2.04. The average Bonchev–Trinajstić information content (AvgIpc) is 2.18. The van der Waals surface area contributed by atoms with Crippen LogP contribution < -0.4 is 4.72 Å². The summed E-state index contributed by atoms with van der Waals surface area (Å²) in [6, 6.07) is 0.913. The summed E-state index contributed by atoms with van der Waals surface area (Å²) in [5.41, 5.74) is 0. The summed E-state index contributed by atoms with van der Waals surface area (Å²) in [5.74, 6) is -0.320. The molecule has 1 aromatic rings. The number of hydrogen-bond acceptors (Lipinski definition) is 3. The van der Waals surface area contributed by atoms with Gasteiger partial charge < -0.3 is 0 Å². The first-order chi connectivity index (χ1) is 7.06. The molecule has 0 saturated carbocycles. The lowest BCUT2D eigenvalue weighted by Crippen LogP contribution is -2.25. The predicted molar refractivity (Wildman–Crippen MR) is 54.7 cm³/mol.